The number of halogens is 3. The average molecular weight is 281 g/mol. The molecule has 0 bridgehead atoms. The summed E-state index contributed by atoms with van der Waals surface area (Å²) in [7, 11) is 1.68. The van der Waals surface area contributed by atoms with Crippen molar-refractivity contribution in [3.8, 4) is 0 Å². The first kappa shape index (κ1) is 14.2. The summed E-state index contributed by atoms with van der Waals surface area (Å²) in [6.45, 7) is 0.390. The van der Waals surface area contributed by atoms with E-state index < -0.39 is 11.7 Å². The summed E-state index contributed by atoms with van der Waals surface area (Å²) in [4.78, 5) is 5.59. The molecule has 0 amide bonds. The highest BCUT2D eigenvalue weighted by atomic mass is 19.4. The zero-order chi connectivity index (χ0) is 14.8. The fraction of sp³-hybridized carbons (Fsp3) is 0.214. The number of anilines is 2. The molecule has 1 aromatic carbocycles. The summed E-state index contributed by atoms with van der Waals surface area (Å²) in [6.07, 6.45) is -3.21. The van der Waals surface area contributed by atoms with Crippen molar-refractivity contribution in [3.05, 3.63) is 53.7 Å². The fourth-order valence-corrected chi connectivity index (χ4v) is 1.82. The van der Waals surface area contributed by atoms with Gasteiger partial charge in [-0.2, -0.15) is 13.2 Å². The number of aromatic nitrogens is 1. The van der Waals surface area contributed by atoms with Crippen molar-refractivity contribution < 1.29 is 13.2 Å². The maximum absolute atomic E-state index is 12.7. The standard InChI is InChI=1S/C14H14F3N3/c1-20(9-10-4-2-3-5-12(10)18)13-8-11(6-7-19-13)14(15,16)17/h2-8H,9,18H2,1H3. The maximum atomic E-state index is 12.7. The van der Waals surface area contributed by atoms with Crippen LogP contribution in [-0.2, 0) is 12.7 Å². The molecule has 1 aromatic heterocycles. The van der Waals surface area contributed by atoms with Gasteiger partial charge in [0.2, 0.25) is 0 Å². The van der Waals surface area contributed by atoms with Gasteiger partial charge in [0.05, 0.1) is 5.56 Å². The first-order valence-electron chi connectivity index (χ1n) is 5.95. The van der Waals surface area contributed by atoms with Crippen LogP contribution in [0.15, 0.2) is 42.6 Å². The Morgan fingerprint density at radius 3 is 2.55 bits per heavy atom. The predicted octanol–water partition coefficient (Wildman–Crippen LogP) is 3.32. The molecule has 2 rings (SSSR count). The number of alkyl halides is 3. The van der Waals surface area contributed by atoms with E-state index in [9.17, 15) is 13.2 Å². The second-order valence-electron chi connectivity index (χ2n) is 4.46. The van der Waals surface area contributed by atoms with Gasteiger partial charge in [-0.25, -0.2) is 4.98 Å². The van der Waals surface area contributed by atoms with E-state index in [-0.39, 0.29) is 5.82 Å². The van der Waals surface area contributed by atoms with Crippen LogP contribution in [0.2, 0.25) is 0 Å². The third kappa shape index (κ3) is 3.20. The van der Waals surface area contributed by atoms with Gasteiger partial charge in [-0.1, -0.05) is 18.2 Å². The van der Waals surface area contributed by atoms with Gasteiger partial charge in [0.25, 0.3) is 0 Å². The molecule has 0 saturated heterocycles. The molecule has 0 radical (unpaired) electrons. The Kier molecular flexibility index (Phi) is 3.83. The first-order valence-corrected chi connectivity index (χ1v) is 5.95. The van der Waals surface area contributed by atoms with E-state index in [2.05, 4.69) is 4.98 Å². The Morgan fingerprint density at radius 1 is 1.20 bits per heavy atom. The van der Waals surface area contributed by atoms with Crippen molar-refractivity contribution in [3.63, 3.8) is 0 Å². The van der Waals surface area contributed by atoms with E-state index in [4.69, 9.17) is 5.73 Å². The molecule has 3 nitrogen and oxygen atoms in total. The molecule has 6 heteroatoms. The smallest absolute Gasteiger partial charge is 0.398 e. The highest BCUT2D eigenvalue weighted by molar-refractivity contribution is 5.50. The molecule has 0 spiro atoms. The van der Waals surface area contributed by atoms with Crippen LogP contribution < -0.4 is 10.6 Å². The molecular formula is C14H14F3N3. The van der Waals surface area contributed by atoms with E-state index in [0.29, 0.717) is 12.2 Å². The Hall–Kier alpha value is -2.24. The van der Waals surface area contributed by atoms with Crippen molar-refractivity contribution >= 4 is 11.5 Å². The Labute approximate surface area is 114 Å². The summed E-state index contributed by atoms with van der Waals surface area (Å²) in [5.41, 5.74) is 6.55. The van der Waals surface area contributed by atoms with Gasteiger partial charge in [-0.3, -0.25) is 0 Å². The third-order valence-electron chi connectivity index (χ3n) is 2.93. The second kappa shape index (κ2) is 5.40. The molecule has 0 aliphatic heterocycles. The largest absolute Gasteiger partial charge is 0.416 e. The summed E-state index contributed by atoms with van der Waals surface area (Å²) < 4.78 is 38.0. The van der Waals surface area contributed by atoms with Crippen molar-refractivity contribution in [2.45, 2.75) is 12.7 Å². The number of para-hydroxylation sites is 1. The van der Waals surface area contributed by atoms with Gasteiger partial charge < -0.3 is 10.6 Å². The number of nitrogens with zero attached hydrogens (tertiary/aromatic N) is 2. The van der Waals surface area contributed by atoms with E-state index in [1.807, 2.05) is 12.1 Å². The Bertz CT molecular complexity index is 596. The normalized spacial score (nSPS) is 11.4. The van der Waals surface area contributed by atoms with Crippen molar-refractivity contribution in [1.29, 1.82) is 0 Å². The summed E-state index contributed by atoms with van der Waals surface area (Å²) in [5.74, 6) is 0.253. The fourth-order valence-electron chi connectivity index (χ4n) is 1.82. The molecule has 2 N–H and O–H groups in total. The predicted molar refractivity (Wildman–Crippen MR) is 72.2 cm³/mol. The van der Waals surface area contributed by atoms with Crippen LogP contribution in [0.3, 0.4) is 0 Å². The molecule has 20 heavy (non-hydrogen) atoms. The molecule has 0 atom stereocenters. The topological polar surface area (TPSA) is 42.1 Å². The summed E-state index contributed by atoms with van der Waals surface area (Å²) in [5, 5.41) is 0. The highest BCUT2D eigenvalue weighted by Gasteiger charge is 2.31. The van der Waals surface area contributed by atoms with Crippen molar-refractivity contribution in [2.75, 3.05) is 17.7 Å². The first-order chi connectivity index (χ1) is 9.38. The molecule has 2 aromatic rings. The van der Waals surface area contributed by atoms with E-state index >= 15 is 0 Å². The van der Waals surface area contributed by atoms with Gasteiger partial charge >= 0.3 is 6.18 Å². The van der Waals surface area contributed by atoms with Crippen LogP contribution in [0.4, 0.5) is 24.7 Å². The van der Waals surface area contributed by atoms with Crippen LogP contribution >= 0.6 is 0 Å². The van der Waals surface area contributed by atoms with E-state index in [0.717, 1.165) is 23.9 Å². The lowest BCUT2D eigenvalue weighted by Gasteiger charge is -2.20. The van der Waals surface area contributed by atoms with Gasteiger partial charge in [0.1, 0.15) is 5.82 Å². The molecule has 0 fully saturated rings. The molecule has 0 unspecified atom stereocenters. The third-order valence-corrected chi connectivity index (χ3v) is 2.93. The number of pyridine rings is 1. The van der Waals surface area contributed by atoms with Crippen LogP contribution in [-0.4, -0.2) is 12.0 Å². The van der Waals surface area contributed by atoms with E-state index in [1.165, 1.54) is 0 Å². The highest BCUT2D eigenvalue weighted by Crippen LogP contribution is 2.30. The Morgan fingerprint density at radius 2 is 1.90 bits per heavy atom. The van der Waals surface area contributed by atoms with Gasteiger partial charge in [0.15, 0.2) is 0 Å². The van der Waals surface area contributed by atoms with Crippen molar-refractivity contribution in [2.24, 2.45) is 0 Å². The maximum Gasteiger partial charge on any atom is 0.416 e. The minimum atomic E-state index is -4.37. The Balaban J connectivity index is 2.22. The molecular weight excluding hydrogens is 267 g/mol. The summed E-state index contributed by atoms with van der Waals surface area (Å²) in [6, 6.07) is 9.20. The average Bonchev–Trinajstić information content (AvgIpc) is 2.40. The minimum absolute atomic E-state index is 0.253. The number of hydrogen-bond acceptors (Lipinski definition) is 3. The van der Waals surface area contributed by atoms with Crippen LogP contribution in [0.25, 0.3) is 0 Å². The molecule has 0 saturated carbocycles. The van der Waals surface area contributed by atoms with Crippen molar-refractivity contribution in [1.82, 2.24) is 4.98 Å². The quantitative estimate of drug-likeness (QED) is 0.878. The molecule has 106 valence electrons. The number of nitrogens with two attached hydrogens (primary N) is 1. The molecule has 1 heterocycles. The zero-order valence-electron chi connectivity index (χ0n) is 10.9. The lowest BCUT2D eigenvalue weighted by atomic mass is 10.1. The van der Waals surface area contributed by atoms with Gasteiger partial charge in [-0.15, -0.1) is 0 Å². The van der Waals surface area contributed by atoms with Crippen LogP contribution in [0, 0.1) is 0 Å². The number of nitrogen functional groups attached to an aromatic ring is 1. The van der Waals surface area contributed by atoms with Crippen LogP contribution in [0.1, 0.15) is 11.1 Å². The molecule has 0 aliphatic rings. The van der Waals surface area contributed by atoms with Gasteiger partial charge in [-0.05, 0) is 23.8 Å². The lowest BCUT2D eigenvalue weighted by molar-refractivity contribution is -0.137. The molecule has 0 aliphatic carbocycles. The van der Waals surface area contributed by atoms with E-state index in [1.54, 1.807) is 24.1 Å². The lowest BCUT2D eigenvalue weighted by Crippen LogP contribution is -2.19. The van der Waals surface area contributed by atoms with Gasteiger partial charge in [0, 0.05) is 25.5 Å². The number of benzene rings is 1. The zero-order valence-corrected chi connectivity index (χ0v) is 10.9. The minimum Gasteiger partial charge on any atom is -0.398 e. The van der Waals surface area contributed by atoms with Crippen LogP contribution in [0.5, 0.6) is 0 Å². The number of rotatable bonds is 3. The summed E-state index contributed by atoms with van der Waals surface area (Å²) >= 11 is 0. The number of hydrogen-bond donors (Lipinski definition) is 1. The monoisotopic (exact) mass is 281 g/mol. The second-order valence-corrected chi connectivity index (χ2v) is 4.46. The SMILES string of the molecule is CN(Cc1ccccc1N)c1cc(C(F)(F)F)ccn1.